The summed E-state index contributed by atoms with van der Waals surface area (Å²) < 4.78 is 0. The van der Waals surface area contributed by atoms with Crippen molar-refractivity contribution in [1.29, 1.82) is 0 Å². The van der Waals surface area contributed by atoms with Gasteiger partial charge in [-0.05, 0) is 51.6 Å². The molecule has 0 aliphatic carbocycles. The van der Waals surface area contributed by atoms with E-state index in [1.807, 2.05) is 11.8 Å². The van der Waals surface area contributed by atoms with E-state index in [4.69, 9.17) is 0 Å². The van der Waals surface area contributed by atoms with Crippen molar-refractivity contribution in [3.05, 3.63) is 17.7 Å². The number of carbonyl (C=O) groups is 1. The molecule has 5 nitrogen and oxygen atoms in total. The monoisotopic (exact) mass is 308 g/mol. The molecule has 1 atom stereocenters. The van der Waals surface area contributed by atoms with Gasteiger partial charge in [0.15, 0.2) is 0 Å². The predicted molar refractivity (Wildman–Crippen MR) is 85.9 cm³/mol. The van der Waals surface area contributed by atoms with E-state index >= 15 is 0 Å². The quantitative estimate of drug-likeness (QED) is 0.894. The highest BCUT2D eigenvalue weighted by atomic mass is 32.2. The zero-order valence-electron chi connectivity index (χ0n) is 12.6. The van der Waals surface area contributed by atoms with E-state index in [1.165, 1.54) is 12.2 Å². The van der Waals surface area contributed by atoms with Gasteiger partial charge in [0.25, 0.3) is 5.91 Å². The van der Waals surface area contributed by atoms with Gasteiger partial charge in [-0.1, -0.05) is 0 Å². The molecule has 2 fully saturated rings. The fourth-order valence-electron chi connectivity index (χ4n) is 3.06. The standard InChI is InChI=1S/C15H24N4OS/c1-19-6-4-11(5-7-19)14-16-9-13(18-14)15(20)17-12-3-2-8-21-10-12/h9,11-12H,2-8,10H2,1H3,(H,16,18)(H,17,20). The summed E-state index contributed by atoms with van der Waals surface area (Å²) in [6.07, 6.45) is 6.21. The summed E-state index contributed by atoms with van der Waals surface area (Å²) in [5, 5.41) is 3.12. The molecule has 0 bridgehead atoms. The Bertz CT molecular complexity index is 476. The van der Waals surface area contributed by atoms with E-state index in [0.29, 0.717) is 17.7 Å². The van der Waals surface area contributed by atoms with Crippen molar-refractivity contribution < 1.29 is 4.79 Å². The number of thioether (sulfide) groups is 1. The second kappa shape index (κ2) is 6.83. The van der Waals surface area contributed by atoms with Gasteiger partial charge in [-0.15, -0.1) is 0 Å². The van der Waals surface area contributed by atoms with Crippen LogP contribution in [0.2, 0.25) is 0 Å². The molecular formula is C15H24N4OS. The Labute approximate surface area is 130 Å². The molecule has 0 aromatic carbocycles. The summed E-state index contributed by atoms with van der Waals surface area (Å²) in [7, 11) is 2.15. The number of rotatable bonds is 3. The molecule has 0 spiro atoms. The summed E-state index contributed by atoms with van der Waals surface area (Å²) in [5.74, 6) is 3.69. The fraction of sp³-hybridized carbons (Fsp3) is 0.733. The molecule has 1 amide bonds. The van der Waals surface area contributed by atoms with Crippen LogP contribution in [0.25, 0.3) is 0 Å². The van der Waals surface area contributed by atoms with Crippen LogP contribution in [0.4, 0.5) is 0 Å². The smallest absolute Gasteiger partial charge is 0.269 e. The van der Waals surface area contributed by atoms with Crippen molar-refractivity contribution in [2.75, 3.05) is 31.6 Å². The van der Waals surface area contributed by atoms with Gasteiger partial charge in [0.2, 0.25) is 0 Å². The number of piperidine rings is 1. The van der Waals surface area contributed by atoms with Crippen LogP contribution in [0, 0.1) is 0 Å². The first-order chi connectivity index (χ1) is 10.2. The second-order valence-electron chi connectivity index (χ2n) is 6.15. The first kappa shape index (κ1) is 14.9. The van der Waals surface area contributed by atoms with Crippen molar-refractivity contribution in [2.45, 2.75) is 37.6 Å². The van der Waals surface area contributed by atoms with E-state index in [9.17, 15) is 4.79 Å². The van der Waals surface area contributed by atoms with E-state index < -0.39 is 0 Å². The molecular weight excluding hydrogens is 284 g/mol. The second-order valence-corrected chi connectivity index (χ2v) is 7.30. The summed E-state index contributed by atoms with van der Waals surface area (Å²) in [5.41, 5.74) is 0.611. The summed E-state index contributed by atoms with van der Waals surface area (Å²) in [6.45, 7) is 2.21. The number of amides is 1. The Hall–Kier alpha value is -1.01. The molecule has 2 aliphatic rings. The largest absolute Gasteiger partial charge is 0.347 e. The van der Waals surface area contributed by atoms with E-state index in [-0.39, 0.29) is 5.91 Å². The van der Waals surface area contributed by atoms with Crippen molar-refractivity contribution in [3.8, 4) is 0 Å². The molecule has 1 aromatic rings. The highest BCUT2D eigenvalue weighted by Crippen LogP contribution is 2.25. The van der Waals surface area contributed by atoms with Crippen LogP contribution in [-0.2, 0) is 0 Å². The molecule has 0 saturated carbocycles. The zero-order valence-corrected chi connectivity index (χ0v) is 13.4. The molecule has 1 aromatic heterocycles. The number of imidazole rings is 1. The number of likely N-dealkylation sites (tertiary alicyclic amines) is 1. The van der Waals surface area contributed by atoms with Crippen molar-refractivity contribution in [2.24, 2.45) is 0 Å². The molecule has 2 N–H and O–H groups in total. The maximum Gasteiger partial charge on any atom is 0.269 e. The Morgan fingerprint density at radius 3 is 2.95 bits per heavy atom. The highest BCUT2D eigenvalue weighted by Gasteiger charge is 2.23. The number of hydrogen-bond acceptors (Lipinski definition) is 4. The van der Waals surface area contributed by atoms with Crippen LogP contribution in [0.3, 0.4) is 0 Å². The molecule has 6 heteroatoms. The number of nitrogens with one attached hydrogen (secondary N) is 2. The van der Waals surface area contributed by atoms with E-state index in [2.05, 4.69) is 27.2 Å². The zero-order chi connectivity index (χ0) is 14.7. The molecule has 2 aliphatic heterocycles. The predicted octanol–water partition coefficient (Wildman–Crippen LogP) is 1.84. The molecule has 3 rings (SSSR count). The van der Waals surface area contributed by atoms with Gasteiger partial charge in [0.05, 0.1) is 6.20 Å². The minimum absolute atomic E-state index is 0.00539. The normalized spacial score (nSPS) is 24.9. The summed E-state index contributed by atoms with van der Waals surface area (Å²) in [4.78, 5) is 22.3. The lowest BCUT2D eigenvalue weighted by molar-refractivity contribution is 0.0934. The Morgan fingerprint density at radius 1 is 1.43 bits per heavy atom. The SMILES string of the molecule is CN1CCC(c2ncc(C(=O)NC3CCCSC3)[nH]2)CC1. The molecule has 1 unspecified atom stereocenters. The van der Waals surface area contributed by atoms with Gasteiger partial charge >= 0.3 is 0 Å². The van der Waals surface area contributed by atoms with Gasteiger partial charge in [0, 0.05) is 17.7 Å². The highest BCUT2D eigenvalue weighted by molar-refractivity contribution is 7.99. The number of carbonyl (C=O) groups excluding carboxylic acids is 1. The first-order valence-corrected chi connectivity index (χ1v) is 9.00. The van der Waals surface area contributed by atoms with Crippen LogP contribution >= 0.6 is 11.8 Å². The van der Waals surface area contributed by atoms with Crippen LogP contribution in [0.5, 0.6) is 0 Å². The number of nitrogens with zero attached hydrogens (tertiary/aromatic N) is 2. The summed E-state index contributed by atoms with van der Waals surface area (Å²) in [6, 6.07) is 0.311. The Balaban J connectivity index is 1.57. The number of H-pyrrole nitrogens is 1. The van der Waals surface area contributed by atoms with Gasteiger partial charge in [-0.2, -0.15) is 11.8 Å². The lowest BCUT2D eigenvalue weighted by Gasteiger charge is -2.27. The fourth-order valence-corrected chi connectivity index (χ4v) is 4.13. The Kier molecular flexibility index (Phi) is 4.85. The van der Waals surface area contributed by atoms with E-state index in [1.54, 1.807) is 6.20 Å². The molecule has 2 saturated heterocycles. The number of hydrogen-bond donors (Lipinski definition) is 2. The molecule has 3 heterocycles. The van der Waals surface area contributed by atoms with Crippen LogP contribution < -0.4 is 5.32 Å². The Morgan fingerprint density at radius 2 is 2.24 bits per heavy atom. The van der Waals surface area contributed by atoms with Gasteiger partial charge in [0.1, 0.15) is 11.5 Å². The van der Waals surface area contributed by atoms with Crippen molar-refractivity contribution >= 4 is 17.7 Å². The van der Waals surface area contributed by atoms with Crippen molar-refractivity contribution in [1.82, 2.24) is 20.2 Å². The first-order valence-electron chi connectivity index (χ1n) is 7.84. The lowest BCUT2D eigenvalue weighted by atomic mass is 9.97. The van der Waals surface area contributed by atoms with E-state index in [0.717, 1.165) is 43.9 Å². The minimum Gasteiger partial charge on any atom is -0.347 e. The van der Waals surface area contributed by atoms with Crippen LogP contribution in [-0.4, -0.2) is 58.5 Å². The number of aromatic nitrogens is 2. The number of aromatic amines is 1. The average molecular weight is 308 g/mol. The topological polar surface area (TPSA) is 61.0 Å². The minimum atomic E-state index is -0.00539. The third kappa shape index (κ3) is 3.80. The van der Waals surface area contributed by atoms with Gasteiger partial charge in [-0.25, -0.2) is 4.98 Å². The average Bonchev–Trinajstić information content (AvgIpc) is 2.99. The van der Waals surface area contributed by atoms with Crippen molar-refractivity contribution in [3.63, 3.8) is 0 Å². The maximum absolute atomic E-state index is 12.3. The third-order valence-corrected chi connectivity index (χ3v) is 5.66. The van der Waals surface area contributed by atoms with Gasteiger partial charge in [-0.3, -0.25) is 4.79 Å². The molecule has 116 valence electrons. The third-order valence-electron chi connectivity index (χ3n) is 4.44. The maximum atomic E-state index is 12.3. The van der Waals surface area contributed by atoms with Crippen LogP contribution in [0.15, 0.2) is 6.20 Å². The molecule has 0 radical (unpaired) electrons. The van der Waals surface area contributed by atoms with Gasteiger partial charge < -0.3 is 15.2 Å². The lowest BCUT2D eigenvalue weighted by Crippen LogP contribution is -2.38. The summed E-state index contributed by atoms with van der Waals surface area (Å²) >= 11 is 1.92. The van der Waals surface area contributed by atoms with Crippen LogP contribution in [0.1, 0.15) is 47.9 Å². The molecule has 21 heavy (non-hydrogen) atoms.